The number of carbonyl (C=O) groups is 1. The summed E-state index contributed by atoms with van der Waals surface area (Å²) in [5, 5.41) is 10.7. The van der Waals surface area contributed by atoms with E-state index in [-0.39, 0.29) is 17.5 Å². The Labute approximate surface area is 161 Å². The van der Waals surface area contributed by atoms with Gasteiger partial charge in [0.15, 0.2) is 11.5 Å². The molecule has 3 aromatic rings. The van der Waals surface area contributed by atoms with Gasteiger partial charge in [0.2, 0.25) is 5.91 Å². The van der Waals surface area contributed by atoms with Gasteiger partial charge in [0.05, 0.1) is 4.92 Å². The lowest BCUT2D eigenvalue weighted by atomic mass is 9.96. The molecule has 0 radical (unpaired) electrons. The summed E-state index contributed by atoms with van der Waals surface area (Å²) in [7, 11) is 0. The number of fused-ring (bicyclic) bond motifs is 1. The number of nitrogens with zero attached hydrogens (tertiary/aromatic N) is 3. The van der Waals surface area contributed by atoms with Crippen LogP contribution in [-0.2, 0) is 4.79 Å². The maximum absolute atomic E-state index is 12.4. The number of para-hydroxylation sites is 2. The molecule has 1 amide bonds. The standard InChI is InChI=1S/C21H19N3O4/c25-20(10-7-15-5-8-17(9-6-15)24(26)27)23-13-11-16(12-14-23)21-22-18-3-1-2-4-19(18)28-21/h1-10,16H,11-14H2/b10-7+. The van der Waals surface area contributed by atoms with Crippen LogP contribution in [0.4, 0.5) is 5.69 Å². The topological polar surface area (TPSA) is 89.5 Å². The number of likely N-dealkylation sites (tertiary alicyclic amines) is 1. The lowest BCUT2D eigenvalue weighted by Crippen LogP contribution is -2.36. The van der Waals surface area contributed by atoms with E-state index in [1.807, 2.05) is 24.3 Å². The van der Waals surface area contributed by atoms with Crippen molar-refractivity contribution in [2.75, 3.05) is 13.1 Å². The van der Waals surface area contributed by atoms with Gasteiger partial charge in [-0.15, -0.1) is 0 Å². The molecule has 1 fully saturated rings. The van der Waals surface area contributed by atoms with E-state index in [9.17, 15) is 14.9 Å². The Kier molecular flexibility index (Phi) is 4.89. The molecule has 7 heteroatoms. The quantitative estimate of drug-likeness (QED) is 0.387. The zero-order valence-electron chi connectivity index (χ0n) is 15.2. The third-order valence-electron chi connectivity index (χ3n) is 4.99. The van der Waals surface area contributed by atoms with Crippen molar-refractivity contribution in [1.29, 1.82) is 0 Å². The molecule has 2 aromatic carbocycles. The summed E-state index contributed by atoms with van der Waals surface area (Å²) in [5.41, 5.74) is 2.44. The van der Waals surface area contributed by atoms with Crippen molar-refractivity contribution in [3.63, 3.8) is 0 Å². The summed E-state index contributed by atoms with van der Waals surface area (Å²) in [6, 6.07) is 13.8. The second-order valence-electron chi connectivity index (χ2n) is 6.80. The Morgan fingerprint density at radius 1 is 1.14 bits per heavy atom. The van der Waals surface area contributed by atoms with E-state index in [0.717, 1.165) is 35.4 Å². The average Bonchev–Trinajstić information content (AvgIpc) is 3.16. The number of benzene rings is 2. The van der Waals surface area contributed by atoms with Crippen LogP contribution in [0.5, 0.6) is 0 Å². The van der Waals surface area contributed by atoms with Crippen LogP contribution in [0.15, 0.2) is 59.0 Å². The van der Waals surface area contributed by atoms with E-state index in [1.165, 1.54) is 18.2 Å². The fourth-order valence-corrected chi connectivity index (χ4v) is 3.39. The second-order valence-corrected chi connectivity index (χ2v) is 6.80. The molecule has 142 valence electrons. The number of hydrogen-bond acceptors (Lipinski definition) is 5. The molecular formula is C21H19N3O4. The first-order chi connectivity index (χ1) is 13.6. The molecule has 0 saturated carbocycles. The van der Waals surface area contributed by atoms with Gasteiger partial charge in [0.25, 0.3) is 5.69 Å². The number of oxazole rings is 1. The molecule has 0 atom stereocenters. The van der Waals surface area contributed by atoms with E-state index in [0.29, 0.717) is 13.1 Å². The summed E-state index contributed by atoms with van der Waals surface area (Å²) in [5.74, 6) is 0.902. The van der Waals surface area contributed by atoms with Gasteiger partial charge in [-0.3, -0.25) is 14.9 Å². The van der Waals surface area contributed by atoms with Crippen molar-refractivity contribution in [2.24, 2.45) is 0 Å². The molecule has 0 spiro atoms. The summed E-state index contributed by atoms with van der Waals surface area (Å²) in [4.78, 5) is 29.0. The highest BCUT2D eigenvalue weighted by Gasteiger charge is 2.26. The fraction of sp³-hybridized carbons (Fsp3) is 0.238. The molecule has 0 N–H and O–H groups in total. The summed E-state index contributed by atoms with van der Waals surface area (Å²) in [6.07, 6.45) is 4.81. The number of piperidine rings is 1. The van der Waals surface area contributed by atoms with E-state index < -0.39 is 4.92 Å². The number of amides is 1. The molecule has 2 heterocycles. The predicted molar refractivity (Wildman–Crippen MR) is 105 cm³/mol. The lowest BCUT2D eigenvalue weighted by molar-refractivity contribution is -0.384. The maximum atomic E-state index is 12.4. The Bertz CT molecular complexity index is 998. The minimum atomic E-state index is -0.445. The van der Waals surface area contributed by atoms with Gasteiger partial charge in [-0.25, -0.2) is 4.98 Å². The molecule has 0 aliphatic carbocycles. The number of hydrogen-bond donors (Lipinski definition) is 0. The minimum Gasteiger partial charge on any atom is -0.440 e. The highest BCUT2D eigenvalue weighted by atomic mass is 16.6. The molecule has 1 aliphatic heterocycles. The third-order valence-corrected chi connectivity index (χ3v) is 4.99. The molecule has 1 aromatic heterocycles. The SMILES string of the molecule is O=C(/C=C/c1ccc([N+](=O)[O-])cc1)N1CCC(c2nc3ccccc3o2)CC1. The van der Waals surface area contributed by atoms with E-state index in [2.05, 4.69) is 4.98 Å². The molecule has 0 bridgehead atoms. The summed E-state index contributed by atoms with van der Waals surface area (Å²) >= 11 is 0. The van der Waals surface area contributed by atoms with Crippen molar-refractivity contribution in [3.05, 3.63) is 76.2 Å². The number of non-ortho nitro benzene ring substituents is 1. The van der Waals surface area contributed by atoms with Crippen molar-refractivity contribution in [3.8, 4) is 0 Å². The highest BCUT2D eigenvalue weighted by Crippen LogP contribution is 2.30. The van der Waals surface area contributed by atoms with Gasteiger partial charge in [0, 0.05) is 37.2 Å². The number of carbonyl (C=O) groups excluding carboxylic acids is 1. The van der Waals surface area contributed by atoms with Gasteiger partial charge >= 0.3 is 0 Å². The fourth-order valence-electron chi connectivity index (χ4n) is 3.39. The van der Waals surface area contributed by atoms with Gasteiger partial charge in [-0.05, 0) is 48.7 Å². The summed E-state index contributed by atoms with van der Waals surface area (Å²) < 4.78 is 5.86. The number of rotatable bonds is 4. The van der Waals surface area contributed by atoms with Gasteiger partial charge in [-0.2, -0.15) is 0 Å². The molecule has 28 heavy (non-hydrogen) atoms. The zero-order valence-corrected chi connectivity index (χ0v) is 15.2. The van der Waals surface area contributed by atoms with Crippen LogP contribution >= 0.6 is 0 Å². The van der Waals surface area contributed by atoms with Crippen LogP contribution in [0.2, 0.25) is 0 Å². The Morgan fingerprint density at radius 2 is 1.86 bits per heavy atom. The summed E-state index contributed by atoms with van der Waals surface area (Å²) in [6.45, 7) is 1.29. The van der Waals surface area contributed by atoms with E-state index in [1.54, 1.807) is 23.1 Å². The van der Waals surface area contributed by atoms with Crippen molar-refractivity contribution < 1.29 is 14.1 Å². The maximum Gasteiger partial charge on any atom is 0.269 e. The second kappa shape index (κ2) is 7.64. The molecule has 7 nitrogen and oxygen atoms in total. The van der Waals surface area contributed by atoms with Crippen LogP contribution in [-0.4, -0.2) is 33.8 Å². The first-order valence-corrected chi connectivity index (χ1v) is 9.17. The van der Waals surface area contributed by atoms with E-state index >= 15 is 0 Å². The molecule has 0 unspecified atom stereocenters. The Morgan fingerprint density at radius 3 is 2.54 bits per heavy atom. The smallest absolute Gasteiger partial charge is 0.269 e. The molecule has 1 saturated heterocycles. The van der Waals surface area contributed by atoms with Crippen LogP contribution in [0.3, 0.4) is 0 Å². The Balaban J connectivity index is 1.35. The number of aromatic nitrogens is 1. The lowest BCUT2D eigenvalue weighted by Gasteiger charge is -2.29. The molecular weight excluding hydrogens is 358 g/mol. The largest absolute Gasteiger partial charge is 0.440 e. The van der Waals surface area contributed by atoms with Crippen LogP contribution in [0.25, 0.3) is 17.2 Å². The van der Waals surface area contributed by atoms with Gasteiger partial charge < -0.3 is 9.32 Å². The van der Waals surface area contributed by atoms with Gasteiger partial charge in [0.1, 0.15) is 5.52 Å². The molecule has 4 rings (SSSR count). The highest BCUT2D eigenvalue weighted by molar-refractivity contribution is 5.91. The normalized spacial score (nSPS) is 15.4. The first-order valence-electron chi connectivity index (χ1n) is 9.17. The third kappa shape index (κ3) is 3.78. The van der Waals surface area contributed by atoms with Crippen molar-refractivity contribution in [2.45, 2.75) is 18.8 Å². The monoisotopic (exact) mass is 377 g/mol. The zero-order chi connectivity index (χ0) is 19.5. The van der Waals surface area contributed by atoms with Gasteiger partial charge in [-0.1, -0.05) is 12.1 Å². The molecule has 1 aliphatic rings. The Hall–Kier alpha value is -3.48. The van der Waals surface area contributed by atoms with Crippen molar-refractivity contribution >= 4 is 28.8 Å². The van der Waals surface area contributed by atoms with Crippen LogP contribution in [0, 0.1) is 10.1 Å². The minimum absolute atomic E-state index is 0.0322. The number of nitro groups is 1. The number of nitro benzene ring substituents is 1. The van der Waals surface area contributed by atoms with Crippen LogP contribution in [0.1, 0.15) is 30.2 Å². The van der Waals surface area contributed by atoms with Crippen LogP contribution < -0.4 is 0 Å². The predicted octanol–water partition coefficient (Wildman–Crippen LogP) is 4.16. The first kappa shape index (κ1) is 17.9. The van der Waals surface area contributed by atoms with Crippen molar-refractivity contribution in [1.82, 2.24) is 9.88 Å². The van der Waals surface area contributed by atoms with E-state index in [4.69, 9.17) is 4.42 Å². The average molecular weight is 377 g/mol.